The molecule has 0 N–H and O–H groups in total. The number of nitrogens with zero attached hydrogens (tertiary/aromatic N) is 1. The van der Waals surface area contributed by atoms with Gasteiger partial charge in [0, 0.05) is 11.6 Å². The summed E-state index contributed by atoms with van der Waals surface area (Å²) in [6.45, 7) is 6.15. The number of hydrogen-bond donors (Lipinski definition) is 0. The predicted molar refractivity (Wildman–Crippen MR) is 87.5 cm³/mol. The van der Waals surface area contributed by atoms with Gasteiger partial charge in [-0.3, -0.25) is 0 Å². The lowest BCUT2D eigenvalue weighted by Crippen LogP contribution is -2.34. The summed E-state index contributed by atoms with van der Waals surface area (Å²) < 4.78 is 5.18. The Morgan fingerprint density at radius 2 is 2.18 bits per heavy atom. The van der Waals surface area contributed by atoms with Gasteiger partial charge in [-0.15, -0.1) is 5.06 Å². The molecule has 120 valence electrons. The third-order valence-corrected chi connectivity index (χ3v) is 3.42. The van der Waals surface area contributed by atoms with Gasteiger partial charge in [0.2, 0.25) is 0 Å². The van der Waals surface area contributed by atoms with E-state index in [0.29, 0.717) is 11.6 Å². The van der Waals surface area contributed by atoms with Crippen LogP contribution in [-0.2, 0) is 9.57 Å². The number of carbonyl (C=O) groups excluding carboxylic acids is 1. The van der Waals surface area contributed by atoms with Crippen LogP contribution in [0.4, 0.5) is 4.79 Å². The highest BCUT2D eigenvalue weighted by Gasteiger charge is 2.28. The van der Waals surface area contributed by atoms with Gasteiger partial charge in [-0.1, -0.05) is 35.9 Å². The molecule has 4 nitrogen and oxygen atoms in total. The first-order chi connectivity index (χ1) is 10.3. The van der Waals surface area contributed by atoms with Crippen molar-refractivity contribution in [1.82, 2.24) is 5.06 Å². The molecular formula is C17H22ClNO3. The van der Waals surface area contributed by atoms with E-state index >= 15 is 0 Å². The Hall–Kier alpha value is -1.52. The fourth-order valence-electron chi connectivity index (χ4n) is 2.27. The average Bonchev–Trinajstić information content (AvgIpc) is 2.81. The van der Waals surface area contributed by atoms with E-state index in [2.05, 4.69) is 0 Å². The van der Waals surface area contributed by atoms with Crippen LogP contribution >= 0.6 is 11.6 Å². The second-order valence-corrected chi connectivity index (χ2v) is 6.76. The van der Waals surface area contributed by atoms with Crippen LogP contribution in [-0.4, -0.2) is 29.4 Å². The van der Waals surface area contributed by atoms with E-state index in [-0.39, 0.29) is 6.04 Å². The quantitative estimate of drug-likeness (QED) is 0.757. The average molecular weight is 324 g/mol. The zero-order valence-electron chi connectivity index (χ0n) is 13.2. The molecule has 0 aliphatic carbocycles. The van der Waals surface area contributed by atoms with Crippen molar-refractivity contribution in [3.63, 3.8) is 0 Å². The second kappa shape index (κ2) is 7.16. The van der Waals surface area contributed by atoms with Crippen molar-refractivity contribution in [1.29, 1.82) is 0 Å². The summed E-state index contributed by atoms with van der Waals surface area (Å²) >= 11 is 5.97. The van der Waals surface area contributed by atoms with Crippen LogP contribution in [0.25, 0.3) is 6.08 Å². The van der Waals surface area contributed by atoms with Crippen molar-refractivity contribution < 1.29 is 14.4 Å². The molecule has 22 heavy (non-hydrogen) atoms. The number of ether oxygens (including phenoxy) is 1. The Labute approximate surface area is 136 Å². The van der Waals surface area contributed by atoms with Crippen molar-refractivity contribution in [2.45, 2.75) is 45.3 Å². The Balaban J connectivity index is 1.94. The Bertz CT molecular complexity index is 551. The van der Waals surface area contributed by atoms with E-state index in [4.69, 9.17) is 21.2 Å². The smallest absolute Gasteiger partial charge is 0.427 e. The van der Waals surface area contributed by atoms with Crippen LogP contribution in [0.3, 0.4) is 0 Å². The minimum absolute atomic E-state index is 0.0616. The molecule has 1 atom stereocenters. The van der Waals surface area contributed by atoms with Crippen LogP contribution in [0.5, 0.6) is 0 Å². The maximum atomic E-state index is 11.8. The number of carbonyl (C=O) groups is 1. The van der Waals surface area contributed by atoms with Crippen LogP contribution < -0.4 is 0 Å². The predicted octanol–water partition coefficient (Wildman–Crippen LogP) is 4.68. The minimum atomic E-state index is -0.657. The molecular weight excluding hydrogens is 302 g/mol. The van der Waals surface area contributed by atoms with E-state index in [1.807, 2.05) is 57.2 Å². The molecule has 1 heterocycles. The second-order valence-electron chi connectivity index (χ2n) is 6.32. The van der Waals surface area contributed by atoms with Gasteiger partial charge >= 0.3 is 6.16 Å². The molecule has 0 amide bonds. The van der Waals surface area contributed by atoms with Crippen molar-refractivity contribution in [2.75, 3.05) is 6.54 Å². The van der Waals surface area contributed by atoms with Gasteiger partial charge in [0.25, 0.3) is 0 Å². The number of hydrogen-bond acceptors (Lipinski definition) is 4. The van der Waals surface area contributed by atoms with Gasteiger partial charge in [0.15, 0.2) is 0 Å². The monoisotopic (exact) mass is 323 g/mol. The molecule has 1 aromatic rings. The third kappa shape index (κ3) is 5.35. The fraction of sp³-hybridized carbons (Fsp3) is 0.471. The lowest BCUT2D eigenvalue weighted by atomic mass is 10.1. The molecule has 1 fully saturated rings. The highest BCUT2D eigenvalue weighted by atomic mass is 35.5. The van der Waals surface area contributed by atoms with Crippen molar-refractivity contribution >= 4 is 23.8 Å². The summed E-state index contributed by atoms with van der Waals surface area (Å²) in [6.07, 6.45) is 5.29. The van der Waals surface area contributed by atoms with E-state index in [9.17, 15) is 4.79 Å². The van der Waals surface area contributed by atoms with E-state index in [1.54, 1.807) is 5.06 Å². The SMILES string of the molecule is CC(C)(C)OC(=O)ON1CCC[C@@H]1/C=C/c1cccc(Cl)c1. The highest BCUT2D eigenvalue weighted by Crippen LogP contribution is 2.21. The van der Waals surface area contributed by atoms with Gasteiger partial charge in [-0.05, 0) is 51.3 Å². The fourth-order valence-corrected chi connectivity index (χ4v) is 2.47. The Kier molecular flexibility index (Phi) is 5.48. The molecule has 0 saturated carbocycles. The summed E-state index contributed by atoms with van der Waals surface area (Å²) in [5, 5.41) is 2.38. The summed E-state index contributed by atoms with van der Waals surface area (Å²) in [5.74, 6) is 0. The summed E-state index contributed by atoms with van der Waals surface area (Å²) in [6, 6.07) is 7.69. The zero-order valence-corrected chi connectivity index (χ0v) is 14.0. The maximum absolute atomic E-state index is 11.8. The lowest BCUT2D eigenvalue weighted by Gasteiger charge is -2.24. The zero-order chi connectivity index (χ0) is 16.2. The normalized spacial score (nSPS) is 19.5. The Morgan fingerprint density at radius 3 is 2.86 bits per heavy atom. The van der Waals surface area contributed by atoms with Crippen LogP contribution in [0.15, 0.2) is 30.3 Å². The van der Waals surface area contributed by atoms with Crippen LogP contribution in [0.1, 0.15) is 39.2 Å². The largest absolute Gasteiger partial charge is 0.528 e. The lowest BCUT2D eigenvalue weighted by molar-refractivity contribution is -0.142. The molecule has 1 aliphatic rings. The number of hydroxylamine groups is 2. The molecule has 1 saturated heterocycles. The first-order valence-electron chi connectivity index (χ1n) is 7.45. The highest BCUT2D eigenvalue weighted by molar-refractivity contribution is 6.30. The number of benzene rings is 1. The van der Waals surface area contributed by atoms with E-state index < -0.39 is 11.8 Å². The topological polar surface area (TPSA) is 38.8 Å². The van der Waals surface area contributed by atoms with E-state index in [0.717, 1.165) is 18.4 Å². The van der Waals surface area contributed by atoms with Crippen LogP contribution in [0, 0.1) is 0 Å². The van der Waals surface area contributed by atoms with Gasteiger partial charge in [-0.2, -0.15) is 0 Å². The minimum Gasteiger partial charge on any atom is -0.427 e. The van der Waals surface area contributed by atoms with Gasteiger partial charge < -0.3 is 9.57 Å². The molecule has 2 rings (SSSR count). The molecule has 5 heteroatoms. The van der Waals surface area contributed by atoms with Crippen molar-refractivity contribution in [2.24, 2.45) is 0 Å². The molecule has 0 bridgehead atoms. The molecule has 0 radical (unpaired) electrons. The van der Waals surface area contributed by atoms with E-state index in [1.165, 1.54) is 0 Å². The standard InChI is InChI=1S/C17H22ClNO3/c1-17(2,3)21-16(20)22-19-11-5-8-15(19)10-9-13-6-4-7-14(18)12-13/h4,6-7,9-10,12,15H,5,8,11H2,1-3H3/b10-9+/t15-/m1/s1. The first kappa shape index (κ1) is 16.8. The molecule has 1 aromatic carbocycles. The Morgan fingerprint density at radius 1 is 1.41 bits per heavy atom. The summed E-state index contributed by atoms with van der Waals surface area (Å²) in [5.41, 5.74) is 0.472. The first-order valence-corrected chi connectivity index (χ1v) is 7.83. The van der Waals surface area contributed by atoms with Gasteiger partial charge in [0.1, 0.15) is 5.60 Å². The molecule has 0 unspecified atom stereocenters. The van der Waals surface area contributed by atoms with Crippen molar-refractivity contribution in [3.05, 3.63) is 40.9 Å². The number of halogens is 1. The third-order valence-electron chi connectivity index (χ3n) is 3.19. The van der Waals surface area contributed by atoms with Gasteiger partial charge in [0.05, 0.1) is 6.04 Å². The van der Waals surface area contributed by atoms with Crippen LogP contribution in [0.2, 0.25) is 5.02 Å². The number of rotatable bonds is 3. The molecule has 0 aromatic heterocycles. The summed E-state index contributed by atoms with van der Waals surface area (Å²) in [4.78, 5) is 17.1. The van der Waals surface area contributed by atoms with Crippen molar-refractivity contribution in [3.8, 4) is 0 Å². The maximum Gasteiger partial charge on any atom is 0.528 e. The molecule has 1 aliphatic heterocycles. The molecule has 0 spiro atoms. The summed E-state index contributed by atoms with van der Waals surface area (Å²) in [7, 11) is 0. The van der Waals surface area contributed by atoms with Gasteiger partial charge in [-0.25, -0.2) is 4.79 Å².